The van der Waals surface area contributed by atoms with E-state index in [9.17, 15) is 10.2 Å². The Morgan fingerprint density at radius 3 is 2.82 bits per heavy atom. The van der Waals surface area contributed by atoms with Gasteiger partial charge in [-0.1, -0.05) is 0 Å². The van der Waals surface area contributed by atoms with Crippen LogP contribution < -0.4 is 0 Å². The Hall–Kier alpha value is -1.70. The van der Waals surface area contributed by atoms with Crippen molar-refractivity contribution in [1.29, 1.82) is 0 Å². The predicted octanol–water partition coefficient (Wildman–Crippen LogP) is 0.559. The van der Waals surface area contributed by atoms with E-state index < -0.39 is 6.10 Å². The molecular formula is C15H22N4O3. The van der Waals surface area contributed by atoms with Crippen molar-refractivity contribution in [2.45, 2.75) is 26.0 Å². The van der Waals surface area contributed by atoms with Crippen LogP contribution in [0, 0.1) is 12.8 Å². The maximum atomic E-state index is 9.97. The quantitative estimate of drug-likeness (QED) is 0.858. The number of β-amino-alcohol motifs (C(OH)–C–C–N with tert-alkyl or cyclic N) is 1. The average Bonchev–Trinajstić information content (AvgIpc) is 3.07. The Morgan fingerprint density at radius 2 is 2.18 bits per heavy atom. The van der Waals surface area contributed by atoms with Crippen molar-refractivity contribution in [3.8, 4) is 11.6 Å². The molecule has 2 aromatic rings. The second kappa shape index (κ2) is 6.20. The number of likely N-dealkylation sites (tertiary alicyclic amines) is 1. The van der Waals surface area contributed by atoms with Crippen LogP contribution in [0.5, 0.6) is 0 Å². The van der Waals surface area contributed by atoms with Gasteiger partial charge < -0.3 is 19.2 Å². The van der Waals surface area contributed by atoms with E-state index in [2.05, 4.69) is 15.1 Å². The summed E-state index contributed by atoms with van der Waals surface area (Å²) < 4.78 is 7.75. The molecule has 3 rings (SSSR count). The van der Waals surface area contributed by atoms with Crippen LogP contribution >= 0.6 is 0 Å². The van der Waals surface area contributed by atoms with Gasteiger partial charge in [0.15, 0.2) is 0 Å². The molecule has 120 valence electrons. The van der Waals surface area contributed by atoms with Crippen molar-refractivity contribution >= 4 is 0 Å². The summed E-state index contributed by atoms with van der Waals surface area (Å²) in [6.45, 7) is 3.90. The van der Waals surface area contributed by atoms with E-state index in [4.69, 9.17) is 4.42 Å². The lowest BCUT2D eigenvalue weighted by Crippen LogP contribution is -2.44. The summed E-state index contributed by atoms with van der Waals surface area (Å²) in [4.78, 5) is 2.07. The second-order valence-electron chi connectivity index (χ2n) is 5.95. The molecular weight excluding hydrogens is 284 g/mol. The SMILES string of the molecule is Cc1ccc(-c2nnc(CN3CC[C@H](CO)[C@@H](O)C3)o2)n1C. The van der Waals surface area contributed by atoms with Gasteiger partial charge in [-0.25, -0.2) is 0 Å². The molecule has 1 aliphatic rings. The molecule has 7 nitrogen and oxygen atoms in total. The zero-order chi connectivity index (χ0) is 15.7. The molecule has 0 bridgehead atoms. The molecule has 0 unspecified atom stereocenters. The van der Waals surface area contributed by atoms with E-state index >= 15 is 0 Å². The normalized spacial score (nSPS) is 23.1. The van der Waals surface area contributed by atoms with Gasteiger partial charge in [-0.3, -0.25) is 4.90 Å². The van der Waals surface area contributed by atoms with Crippen molar-refractivity contribution < 1.29 is 14.6 Å². The van der Waals surface area contributed by atoms with Crippen LogP contribution in [0.25, 0.3) is 11.6 Å². The minimum Gasteiger partial charge on any atom is -0.418 e. The molecule has 2 atom stereocenters. The number of aryl methyl sites for hydroxylation is 1. The molecule has 3 heterocycles. The first-order valence-corrected chi connectivity index (χ1v) is 7.55. The molecule has 0 amide bonds. The van der Waals surface area contributed by atoms with Crippen molar-refractivity contribution in [2.24, 2.45) is 13.0 Å². The summed E-state index contributed by atoms with van der Waals surface area (Å²) in [6.07, 6.45) is 0.270. The van der Waals surface area contributed by atoms with Crippen molar-refractivity contribution in [2.75, 3.05) is 19.7 Å². The Morgan fingerprint density at radius 1 is 1.36 bits per heavy atom. The van der Waals surface area contributed by atoms with Gasteiger partial charge in [0.1, 0.15) is 5.69 Å². The van der Waals surface area contributed by atoms with E-state index in [1.807, 2.05) is 30.7 Å². The van der Waals surface area contributed by atoms with Gasteiger partial charge >= 0.3 is 0 Å². The molecule has 22 heavy (non-hydrogen) atoms. The van der Waals surface area contributed by atoms with E-state index in [1.54, 1.807) is 0 Å². The van der Waals surface area contributed by atoms with Gasteiger partial charge in [-0.05, 0) is 32.0 Å². The number of piperidine rings is 1. The van der Waals surface area contributed by atoms with Crippen LogP contribution in [0.2, 0.25) is 0 Å². The molecule has 0 saturated carbocycles. The predicted molar refractivity (Wildman–Crippen MR) is 79.9 cm³/mol. The van der Waals surface area contributed by atoms with Gasteiger partial charge in [-0.2, -0.15) is 0 Å². The zero-order valence-corrected chi connectivity index (χ0v) is 12.9. The maximum Gasteiger partial charge on any atom is 0.264 e. The Bertz CT molecular complexity index is 637. The van der Waals surface area contributed by atoms with Gasteiger partial charge in [0.25, 0.3) is 5.89 Å². The largest absolute Gasteiger partial charge is 0.418 e. The summed E-state index contributed by atoms with van der Waals surface area (Å²) >= 11 is 0. The van der Waals surface area contributed by atoms with E-state index in [0.717, 1.165) is 24.4 Å². The van der Waals surface area contributed by atoms with E-state index in [-0.39, 0.29) is 12.5 Å². The summed E-state index contributed by atoms with van der Waals surface area (Å²) in [5.74, 6) is 1.03. The minimum atomic E-state index is -0.503. The number of hydrogen-bond donors (Lipinski definition) is 2. The maximum absolute atomic E-state index is 9.97. The third-order valence-electron chi connectivity index (χ3n) is 4.46. The topological polar surface area (TPSA) is 87.6 Å². The first-order chi connectivity index (χ1) is 10.6. The van der Waals surface area contributed by atoms with Gasteiger partial charge in [0.05, 0.1) is 12.6 Å². The molecule has 0 radical (unpaired) electrons. The first kappa shape index (κ1) is 15.2. The lowest BCUT2D eigenvalue weighted by molar-refractivity contribution is -0.00666. The number of rotatable bonds is 4. The monoisotopic (exact) mass is 306 g/mol. The fraction of sp³-hybridized carbons (Fsp3) is 0.600. The average molecular weight is 306 g/mol. The zero-order valence-electron chi connectivity index (χ0n) is 12.9. The first-order valence-electron chi connectivity index (χ1n) is 7.55. The van der Waals surface area contributed by atoms with Gasteiger partial charge in [0.2, 0.25) is 5.89 Å². The molecule has 2 aromatic heterocycles. The minimum absolute atomic E-state index is 0.0270. The van der Waals surface area contributed by atoms with Gasteiger partial charge in [-0.15, -0.1) is 10.2 Å². The van der Waals surface area contributed by atoms with Crippen LogP contribution in [-0.4, -0.2) is 55.7 Å². The Kier molecular flexibility index (Phi) is 4.28. The smallest absolute Gasteiger partial charge is 0.264 e. The summed E-state index contributed by atoms with van der Waals surface area (Å²) in [5.41, 5.74) is 2.03. The number of hydrogen-bond acceptors (Lipinski definition) is 6. The Balaban J connectivity index is 1.66. The highest BCUT2D eigenvalue weighted by Crippen LogP contribution is 2.22. The third kappa shape index (κ3) is 2.92. The summed E-state index contributed by atoms with van der Waals surface area (Å²) in [6, 6.07) is 3.97. The summed E-state index contributed by atoms with van der Waals surface area (Å²) in [7, 11) is 1.96. The lowest BCUT2D eigenvalue weighted by Gasteiger charge is -2.34. The van der Waals surface area contributed by atoms with Crippen LogP contribution in [0.15, 0.2) is 16.5 Å². The molecule has 1 fully saturated rings. The number of nitrogens with zero attached hydrogens (tertiary/aromatic N) is 4. The van der Waals surface area contributed by atoms with Crippen LogP contribution in [0.4, 0.5) is 0 Å². The second-order valence-corrected chi connectivity index (χ2v) is 5.95. The van der Waals surface area contributed by atoms with Crippen molar-refractivity contribution in [3.05, 3.63) is 23.7 Å². The molecule has 0 aromatic carbocycles. The number of aliphatic hydroxyl groups excluding tert-OH is 2. The van der Waals surface area contributed by atoms with Gasteiger partial charge in [0, 0.05) is 31.8 Å². The fourth-order valence-electron chi connectivity index (χ4n) is 2.84. The Labute approximate surface area is 129 Å². The third-order valence-corrected chi connectivity index (χ3v) is 4.46. The van der Waals surface area contributed by atoms with Crippen LogP contribution in [0.1, 0.15) is 18.0 Å². The van der Waals surface area contributed by atoms with Crippen molar-refractivity contribution in [3.63, 3.8) is 0 Å². The highest BCUT2D eigenvalue weighted by Gasteiger charge is 2.28. The van der Waals surface area contributed by atoms with Crippen LogP contribution in [-0.2, 0) is 13.6 Å². The van der Waals surface area contributed by atoms with Crippen LogP contribution in [0.3, 0.4) is 0 Å². The molecule has 1 aliphatic heterocycles. The molecule has 7 heteroatoms. The van der Waals surface area contributed by atoms with E-state index in [1.165, 1.54) is 0 Å². The van der Waals surface area contributed by atoms with Crippen molar-refractivity contribution in [1.82, 2.24) is 19.7 Å². The summed E-state index contributed by atoms with van der Waals surface area (Å²) in [5, 5.41) is 27.3. The molecule has 1 saturated heterocycles. The number of aromatic nitrogens is 3. The fourth-order valence-corrected chi connectivity index (χ4v) is 2.84. The number of aliphatic hydroxyl groups is 2. The standard InChI is InChI=1S/C15H22N4O3/c1-10-3-4-12(18(10)2)15-17-16-14(22-15)8-19-6-5-11(9-20)13(21)7-19/h3-4,11,13,20-21H,5-9H2,1-2H3/t11-,13+/m1/s1. The molecule has 0 spiro atoms. The lowest BCUT2D eigenvalue weighted by atomic mass is 9.95. The molecule has 0 aliphatic carbocycles. The molecule has 2 N–H and O–H groups in total. The highest BCUT2D eigenvalue weighted by atomic mass is 16.4. The van der Waals surface area contributed by atoms with E-state index in [0.29, 0.717) is 24.9 Å². The highest BCUT2D eigenvalue weighted by molar-refractivity contribution is 5.48.